The second-order valence-corrected chi connectivity index (χ2v) is 9.21. The number of likely N-dealkylation sites (tertiary alicyclic amines) is 1. The van der Waals surface area contributed by atoms with Crippen LogP contribution in [-0.4, -0.2) is 84.7 Å². The van der Waals surface area contributed by atoms with E-state index in [0.29, 0.717) is 30.6 Å². The minimum Gasteiger partial charge on any atom is -0.373 e. The number of ether oxygens (including phenoxy) is 1. The van der Waals surface area contributed by atoms with E-state index < -0.39 is 0 Å². The molecule has 3 atom stereocenters. The van der Waals surface area contributed by atoms with E-state index in [1.54, 1.807) is 0 Å². The highest BCUT2D eigenvalue weighted by atomic mass is 32.2. The number of thioether (sulfide) groups is 1. The van der Waals surface area contributed by atoms with Gasteiger partial charge >= 0.3 is 0 Å². The molecule has 3 aliphatic heterocycles. The zero-order chi connectivity index (χ0) is 17.6. The average Bonchev–Trinajstić information content (AvgIpc) is 2.60. The average molecular weight is 370 g/mol. The molecule has 25 heavy (non-hydrogen) atoms. The van der Waals surface area contributed by atoms with Crippen LogP contribution >= 0.6 is 11.8 Å². The minimum absolute atomic E-state index is 0.356. The predicted molar refractivity (Wildman–Crippen MR) is 104 cm³/mol. The van der Waals surface area contributed by atoms with Crippen molar-refractivity contribution in [2.24, 2.45) is 5.92 Å². The summed E-state index contributed by atoms with van der Waals surface area (Å²) in [5.41, 5.74) is 0. The predicted octanol–water partition coefficient (Wildman–Crippen LogP) is 1.82. The first-order valence-corrected chi connectivity index (χ1v) is 11.2. The molecule has 6 heteroatoms. The number of carbonyl (C=O) groups is 1. The Balaban J connectivity index is 1.33. The van der Waals surface area contributed by atoms with Gasteiger partial charge in [0.25, 0.3) is 0 Å². The number of nitrogens with zero attached hydrogens (tertiary/aromatic N) is 2. The molecule has 3 saturated heterocycles. The fourth-order valence-electron chi connectivity index (χ4n) is 4.39. The fourth-order valence-corrected chi connectivity index (χ4v) is 5.34. The zero-order valence-corrected chi connectivity index (χ0v) is 16.7. The Morgan fingerprint density at radius 3 is 2.56 bits per heavy atom. The molecule has 3 aliphatic rings. The highest BCUT2D eigenvalue weighted by Gasteiger charge is 2.27. The number of carbonyl (C=O) groups excluding carboxylic acids is 1. The summed E-state index contributed by atoms with van der Waals surface area (Å²) in [7, 11) is 0. The van der Waals surface area contributed by atoms with Gasteiger partial charge < -0.3 is 15.0 Å². The van der Waals surface area contributed by atoms with Crippen molar-refractivity contribution in [1.82, 2.24) is 15.1 Å². The van der Waals surface area contributed by atoms with Crippen molar-refractivity contribution in [1.29, 1.82) is 0 Å². The van der Waals surface area contributed by atoms with E-state index in [1.807, 2.05) is 11.8 Å². The van der Waals surface area contributed by atoms with Gasteiger partial charge in [0.15, 0.2) is 0 Å². The van der Waals surface area contributed by atoms with E-state index in [1.165, 1.54) is 31.6 Å². The van der Waals surface area contributed by atoms with Crippen molar-refractivity contribution < 1.29 is 9.53 Å². The van der Waals surface area contributed by atoms with Gasteiger partial charge in [-0.1, -0.05) is 0 Å². The normalized spacial score (nSPS) is 32.7. The number of morpholine rings is 1. The molecule has 0 aliphatic carbocycles. The van der Waals surface area contributed by atoms with Crippen molar-refractivity contribution >= 4 is 17.7 Å². The van der Waals surface area contributed by atoms with Gasteiger partial charge in [-0.3, -0.25) is 9.69 Å². The van der Waals surface area contributed by atoms with Gasteiger partial charge in [0.05, 0.1) is 12.2 Å². The lowest BCUT2D eigenvalue weighted by atomic mass is 9.93. The van der Waals surface area contributed by atoms with Crippen LogP contribution in [0.15, 0.2) is 0 Å². The molecule has 3 heterocycles. The number of hydrogen-bond donors (Lipinski definition) is 1. The number of rotatable bonds is 5. The van der Waals surface area contributed by atoms with Gasteiger partial charge in [0.1, 0.15) is 0 Å². The van der Waals surface area contributed by atoms with Crippen LogP contribution in [0.5, 0.6) is 0 Å². The second-order valence-electron chi connectivity index (χ2n) is 8.06. The van der Waals surface area contributed by atoms with Crippen molar-refractivity contribution in [2.45, 2.75) is 57.8 Å². The van der Waals surface area contributed by atoms with Gasteiger partial charge in [-0.2, -0.15) is 11.8 Å². The van der Waals surface area contributed by atoms with Crippen LogP contribution in [-0.2, 0) is 9.53 Å². The molecule has 144 valence electrons. The smallest absolute Gasteiger partial charge is 0.224 e. The number of hydrogen-bond acceptors (Lipinski definition) is 5. The lowest BCUT2D eigenvalue weighted by Crippen LogP contribution is -2.47. The van der Waals surface area contributed by atoms with E-state index in [4.69, 9.17) is 4.74 Å². The Bertz CT molecular complexity index is 413. The van der Waals surface area contributed by atoms with Crippen molar-refractivity contribution in [2.75, 3.05) is 50.8 Å². The first kappa shape index (κ1) is 19.5. The molecule has 0 saturated carbocycles. The molecular weight excluding hydrogens is 334 g/mol. The first-order chi connectivity index (χ1) is 12.1. The largest absolute Gasteiger partial charge is 0.373 e. The van der Waals surface area contributed by atoms with Gasteiger partial charge in [-0.05, 0) is 45.6 Å². The maximum atomic E-state index is 12.5. The van der Waals surface area contributed by atoms with Gasteiger partial charge in [0, 0.05) is 56.7 Å². The Morgan fingerprint density at radius 2 is 1.92 bits per heavy atom. The molecule has 0 bridgehead atoms. The number of nitrogens with one attached hydrogen (secondary N) is 1. The number of amides is 1. The highest BCUT2D eigenvalue weighted by Crippen LogP contribution is 2.23. The molecule has 0 aromatic rings. The Kier molecular flexibility index (Phi) is 7.46. The summed E-state index contributed by atoms with van der Waals surface area (Å²) in [4.78, 5) is 17.2. The zero-order valence-electron chi connectivity index (χ0n) is 15.9. The molecule has 5 nitrogen and oxygen atoms in total. The molecule has 3 rings (SSSR count). The second kappa shape index (κ2) is 9.58. The number of piperidine rings is 1. The van der Waals surface area contributed by atoms with E-state index in [2.05, 4.69) is 29.0 Å². The topological polar surface area (TPSA) is 44.8 Å². The summed E-state index contributed by atoms with van der Waals surface area (Å²) >= 11 is 1.97. The maximum absolute atomic E-state index is 12.5. The van der Waals surface area contributed by atoms with Crippen LogP contribution in [0, 0.1) is 5.92 Å². The summed E-state index contributed by atoms with van der Waals surface area (Å²) in [5, 5.41) is 3.48. The molecule has 1 amide bonds. The van der Waals surface area contributed by atoms with Crippen molar-refractivity contribution in [3.05, 3.63) is 0 Å². The van der Waals surface area contributed by atoms with Crippen LogP contribution < -0.4 is 5.32 Å². The third-order valence-corrected chi connectivity index (χ3v) is 6.87. The Labute approximate surface area is 157 Å². The minimum atomic E-state index is 0.356. The van der Waals surface area contributed by atoms with Crippen LogP contribution in [0.4, 0.5) is 0 Å². The van der Waals surface area contributed by atoms with Crippen molar-refractivity contribution in [3.8, 4) is 0 Å². The van der Waals surface area contributed by atoms with E-state index in [0.717, 1.165) is 44.4 Å². The van der Waals surface area contributed by atoms with Crippen LogP contribution in [0.2, 0.25) is 0 Å². The van der Waals surface area contributed by atoms with Crippen LogP contribution in [0.3, 0.4) is 0 Å². The Morgan fingerprint density at radius 1 is 1.20 bits per heavy atom. The molecule has 0 spiro atoms. The standard InChI is InChI=1S/C19H35N3O2S/c1-15-12-21(13-16(2)24-15)7-3-17-4-8-22(9-5-17)19(23)11-18-14-25-10-6-20-18/h15-18,20H,3-14H2,1-2H3. The summed E-state index contributed by atoms with van der Waals surface area (Å²) in [6, 6.07) is 0.384. The lowest BCUT2D eigenvalue weighted by molar-refractivity contribution is -0.133. The summed E-state index contributed by atoms with van der Waals surface area (Å²) < 4.78 is 5.82. The molecule has 0 aromatic heterocycles. The molecular formula is C19H35N3O2S. The van der Waals surface area contributed by atoms with Crippen LogP contribution in [0.1, 0.15) is 39.5 Å². The molecule has 3 fully saturated rings. The monoisotopic (exact) mass is 369 g/mol. The Hall–Kier alpha value is -0.300. The summed E-state index contributed by atoms with van der Waals surface area (Å²) in [5.74, 6) is 3.39. The lowest BCUT2D eigenvalue weighted by Gasteiger charge is -2.37. The van der Waals surface area contributed by atoms with E-state index in [9.17, 15) is 4.79 Å². The van der Waals surface area contributed by atoms with Gasteiger partial charge in [-0.25, -0.2) is 0 Å². The van der Waals surface area contributed by atoms with Gasteiger partial charge in [0.2, 0.25) is 5.91 Å². The molecule has 3 unspecified atom stereocenters. The first-order valence-electron chi connectivity index (χ1n) is 10.1. The fraction of sp³-hybridized carbons (Fsp3) is 0.947. The molecule has 0 radical (unpaired) electrons. The van der Waals surface area contributed by atoms with Gasteiger partial charge in [-0.15, -0.1) is 0 Å². The van der Waals surface area contributed by atoms with E-state index >= 15 is 0 Å². The SMILES string of the molecule is CC1CN(CCC2CCN(C(=O)CC3CSCCN3)CC2)CC(C)O1. The highest BCUT2D eigenvalue weighted by molar-refractivity contribution is 7.99. The maximum Gasteiger partial charge on any atom is 0.224 e. The van der Waals surface area contributed by atoms with E-state index in [-0.39, 0.29) is 0 Å². The van der Waals surface area contributed by atoms with Crippen LogP contribution in [0.25, 0.3) is 0 Å². The third-order valence-electron chi connectivity index (χ3n) is 5.74. The summed E-state index contributed by atoms with van der Waals surface area (Å²) in [6.45, 7) is 10.6. The third kappa shape index (κ3) is 6.12. The molecule has 1 N–H and O–H groups in total. The quantitative estimate of drug-likeness (QED) is 0.801. The summed E-state index contributed by atoms with van der Waals surface area (Å²) in [6.07, 6.45) is 5.01. The van der Waals surface area contributed by atoms with Crippen molar-refractivity contribution in [3.63, 3.8) is 0 Å². The molecule has 0 aromatic carbocycles.